The zero-order valence-corrected chi connectivity index (χ0v) is 8.45. The van der Waals surface area contributed by atoms with Crippen molar-refractivity contribution in [2.45, 2.75) is 0 Å². The Labute approximate surface area is 89.7 Å². The maximum absolute atomic E-state index is 8.06. The first-order chi connectivity index (χ1) is 5.41. The molecule has 0 unspecified atom stereocenters. The van der Waals surface area contributed by atoms with Crippen molar-refractivity contribution in [2.75, 3.05) is 6.61 Å². The molecule has 0 amide bonds. The molecule has 0 saturated heterocycles. The average Bonchev–Trinajstić information content (AvgIpc) is 2.57. The van der Waals surface area contributed by atoms with E-state index in [9.17, 15) is 0 Å². The molecule has 68 valence electrons. The summed E-state index contributed by atoms with van der Waals surface area (Å²) in [6, 6.07) is 0. The predicted octanol–water partition coefficient (Wildman–Crippen LogP) is 1.44. The first-order valence-corrected chi connectivity index (χ1v) is 3.47. The third kappa shape index (κ3) is 13.2. The first-order valence-electron chi connectivity index (χ1n) is 3.47. The zero-order valence-electron chi connectivity index (χ0n) is 6.81. The van der Waals surface area contributed by atoms with Crippen LogP contribution in [-0.2, 0) is 19.5 Å². The van der Waals surface area contributed by atoms with Gasteiger partial charge >= 0.3 is 0 Å². The van der Waals surface area contributed by atoms with Crippen molar-refractivity contribution in [2.24, 2.45) is 0 Å². The molecular formula is C10H13ORh. The van der Waals surface area contributed by atoms with Gasteiger partial charge < -0.3 is 5.11 Å². The number of hydrogen-bond donors (Lipinski definition) is 1. The minimum Gasteiger partial charge on any atom is -0.396 e. The molecule has 0 aromatic carbocycles. The Balaban J connectivity index is 0. The quantitative estimate of drug-likeness (QED) is 0.595. The largest absolute Gasteiger partial charge is 0.396 e. The van der Waals surface area contributed by atoms with E-state index >= 15 is 0 Å². The van der Waals surface area contributed by atoms with E-state index in [1.54, 1.807) is 19.3 Å². The third-order valence-electron chi connectivity index (χ3n) is 0.933. The van der Waals surface area contributed by atoms with E-state index in [2.05, 4.69) is 6.92 Å². The Morgan fingerprint density at radius 1 is 1.08 bits per heavy atom. The maximum atomic E-state index is 8.06. The fourth-order valence-electron chi connectivity index (χ4n) is 0.478. The van der Waals surface area contributed by atoms with Crippen LogP contribution in [0.25, 0.3) is 0 Å². The molecule has 1 rings (SSSR count). The topological polar surface area (TPSA) is 20.2 Å². The van der Waals surface area contributed by atoms with Crippen molar-refractivity contribution in [3.63, 3.8) is 0 Å². The molecule has 1 nitrogen and oxygen atoms in total. The van der Waals surface area contributed by atoms with Gasteiger partial charge in [0.05, 0.1) is 0 Å². The van der Waals surface area contributed by atoms with Crippen LogP contribution >= 0.6 is 0 Å². The third-order valence-corrected chi connectivity index (χ3v) is 0.933. The minimum atomic E-state index is 0. The Bertz CT molecular complexity index is 51.2. The standard InChI is InChI=1S/C5H8O.C5H5.Rh/c1-2-3-4-5-6;1-2-4-5-3-1;/h2-4,6H,1,5H2;1-5H;. The van der Waals surface area contributed by atoms with Gasteiger partial charge in [-0.05, 0) is 58.3 Å². The van der Waals surface area contributed by atoms with Crippen LogP contribution in [0.5, 0.6) is 0 Å². The van der Waals surface area contributed by atoms with Gasteiger partial charge in [0.25, 0.3) is 0 Å². The van der Waals surface area contributed by atoms with E-state index in [0.29, 0.717) is 0 Å². The molecule has 1 N–H and O–H groups in total. The van der Waals surface area contributed by atoms with Gasteiger partial charge in [0.1, 0.15) is 0 Å². The van der Waals surface area contributed by atoms with Crippen LogP contribution in [0.4, 0.5) is 0 Å². The second kappa shape index (κ2) is 14.1. The van der Waals surface area contributed by atoms with Crippen molar-refractivity contribution in [3.05, 3.63) is 58.3 Å². The van der Waals surface area contributed by atoms with Crippen LogP contribution in [0.15, 0.2) is 0 Å². The van der Waals surface area contributed by atoms with Gasteiger partial charge in [0.2, 0.25) is 0 Å². The van der Waals surface area contributed by atoms with Gasteiger partial charge in [-0.15, -0.1) is 0 Å². The van der Waals surface area contributed by atoms with Crippen LogP contribution < -0.4 is 0 Å². The van der Waals surface area contributed by atoms with Crippen molar-refractivity contribution in [3.8, 4) is 0 Å². The molecule has 1 aliphatic rings. The molecule has 1 fully saturated rings. The van der Waals surface area contributed by atoms with E-state index in [1.807, 2.05) is 32.1 Å². The second-order valence-corrected chi connectivity index (χ2v) is 1.81. The van der Waals surface area contributed by atoms with Crippen molar-refractivity contribution >= 4 is 0 Å². The SMILES string of the molecule is [CH2][CH][CH][CH]CO.[CH]1[CH][CH][CH][CH]1.[Rh]. The molecule has 2 heteroatoms. The molecule has 0 aromatic heterocycles. The fourth-order valence-corrected chi connectivity index (χ4v) is 0.478. The smallest absolute Gasteiger partial charge is 0.0465 e. The van der Waals surface area contributed by atoms with Crippen molar-refractivity contribution < 1.29 is 24.6 Å². The van der Waals surface area contributed by atoms with E-state index in [0.717, 1.165) is 0 Å². The minimum absolute atomic E-state index is 0. The molecule has 1 aliphatic carbocycles. The van der Waals surface area contributed by atoms with E-state index in [-0.39, 0.29) is 26.1 Å². The van der Waals surface area contributed by atoms with Crippen molar-refractivity contribution in [1.82, 2.24) is 0 Å². The molecule has 0 heterocycles. The second-order valence-electron chi connectivity index (χ2n) is 1.81. The summed E-state index contributed by atoms with van der Waals surface area (Å²) >= 11 is 0. The zero-order chi connectivity index (χ0) is 8.36. The van der Waals surface area contributed by atoms with Gasteiger partial charge in [-0.1, -0.05) is 0 Å². The van der Waals surface area contributed by atoms with Crippen LogP contribution in [0.2, 0.25) is 0 Å². The summed E-state index contributed by atoms with van der Waals surface area (Å²) in [6.07, 6.45) is 14.9. The summed E-state index contributed by atoms with van der Waals surface area (Å²) < 4.78 is 0. The van der Waals surface area contributed by atoms with Gasteiger partial charge in [-0.3, -0.25) is 0 Å². The van der Waals surface area contributed by atoms with Gasteiger partial charge in [-0.2, -0.15) is 0 Å². The summed E-state index contributed by atoms with van der Waals surface area (Å²) in [4.78, 5) is 0. The summed E-state index contributed by atoms with van der Waals surface area (Å²) in [5.74, 6) is 0. The molecule has 0 aliphatic heterocycles. The number of aliphatic hydroxyl groups excluding tert-OH is 1. The molecule has 1 saturated carbocycles. The predicted molar refractivity (Wildman–Crippen MR) is 46.8 cm³/mol. The monoisotopic (exact) mass is 252 g/mol. The molecular weight excluding hydrogens is 239 g/mol. The van der Waals surface area contributed by atoms with Crippen LogP contribution in [0, 0.1) is 58.3 Å². The van der Waals surface area contributed by atoms with Crippen molar-refractivity contribution in [1.29, 1.82) is 0 Å². The summed E-state index contributed by atoms with van der Waals surface area (Å²) in [7, 11) is 0. The Hall–Kier alpha value is 0.583. The van der Waals surface area contributed by atoms with Gasteiger partial charge in [-0.25, -0.2) is 0 Å². The number of unbranched alkanes of at least 4 members (excludes halogenated alkanes) is 2. The van der Waals surface area contributed by atoms with Gasteiger partial charge in [0, 0.05) is 26.1 Å². The fraction of sp³-hybridized carbons (Fsp3) is 0.100. The van der Waals surface area contributed by atoms with E-state index in [4.69, 9.17) is 5.11 Å². The molecule has 0 atom stereocenters. The molecule has 12 heavy (non-hydrogen) atoms. The summed E-state index contributed by atoms with van der Waals surface area (Å²) in [6.45, 7) is 3.50. The first kappa shape index (κ1) is 15.1. The molecule has 0 spiro atoms. The van der Waals surface area contributed by atoms with Crippen LogP contribution in [0.1, 0.15) is 0 Å². The Morgan fingerprint density at radius 3 is 1.67 bits per heavy atom. The number of hydrogen-bond acceptors (Lipinski definition) is 1. The molecule has 10 radical (unpaired) electrons. The van der Waals surface area contributed by atoms with E-state index < -0.39 is 0 Å². The maximum Gasteiger partial charge on any atom is 0.0465 e. The number of rotatable bonds is 3. The normalized spacial score (nSPS) is 14.5. The number of aliphatic hydroxyl groups is 1. The Kier molecular flexibility index (Phi) is 17.7. The molecule has 0 bridgehead atoms. The summed E-state index contributed by atoms with van der Waals surface area (Å²) in [5.41, 5.74) is 0. The van der Waals surface area contributed by atoms with Gasteiger partial charge in [0.15, 0.2) is 0 Å². The van der Waals surface area contributed by atoms with Crippen LogP contribution in [-0.4, -0.2) is 11.7 Å². The van der Waals surface area contributed by atoms with E-state index in [1.165, 1.54) is 0 Å². The Morgan fingerprint density at radius 2 is 1.50 bits per heavy atom. The summed E-state index contributed by atoms with van der Waals surface area (Å²) in [5, 5.41) is 8.06. The molecule has 0 aromatic rings. The van der Waals surface area contributed by atoms with Crippen LogP contribution in [0.3, 0.4) is 0 Å². The average molecular weight is 252 g/mol.